The fourth-order valence-corrected chi connectivity index (χ4v) is 2.17. The molecule has 1 aromatic rings. The lowest BCUT2D eigenvalue weighted by atomic mass is 9.87. The van der Waals surface area contributed by atoms with Crippen LogP contribution in [-0.4, -0.2) is 0 Å². The second-order valence-corrected chi connectivity index (χ2v) is 4.46. The molecule has 84 valence electrons. The van der Waals surface area contributed by atoms with Crippen molar-refractivity contribution in [1.29, 1.82) is 0 Å². The first-order chi connectivity index (χ1) is 7.10. The predicted molar refractivity (Wildman–Crippen MR) is 66.9 cm³/mol. The second-order valence-electron chi connectivity index (χ2n) is 4.46. The van der Waals surface area contributed by atoms with Crippen LogP contribution in [0.4, 0.5) is 0 Å². The Kier molecular flexibility index (Phi) is 4.34. The Balaban J connectivity index is 2.98. The molecule has 0 aromatic heterocycles. The smallest absolute Gasteiger partial charge is 0.0326 e. The van der Waals surface area contributed by atoms with E-state index in [0.717, 1.165) is 12.8 Å². The van der Waals surface area contributed by atoms with Gasteiger partial charge in [-0.2, -0.15) is 0 Å². The van der Waals surface area contributed by atoms with E-state index in [2.05, 4.69) is 45.9 Å². The van der Waals surface area contributed by atoms with E-state index in [1.807, 2.05) is 0 Å². The third kappa shape index (κ3) is 2.82. The fraction of sp³-hybridized carbons (Fsp3) is 0.571. The van der Waals surface area contributed by atoms with Gasteiger partial charge in [0, 0.05) is 6.04 Å². The Labute approximate surface area is 93.7 Å². The molecule has 1 atom stereocenters. The molecule has 0 saturated heterocycles. The number of rotatable bonds is 4. The van der Waals surface area contributed by atoms with Crippen molar-refractivity contribution in [2.24, 2.45) is 11.7 Å². The molecule has 0 fully saturated rings. The minimum atomic E-state index is 0.194. The van der Waals surface area contributed by atoms with Crippen LogP contribution in [0.25, 0.3) is 0 Å². The van der Waals surface area contributed by atoms with Crippen LogP contribution in [0.1, 0.15) is 49.4 Å². The highest BCUT2D eigenvalue weighted by Gasteiger charge is 2.17. The molecule has 0 aliphatic heterocycles. The molecule has 0 spiro atoms. The summed E-state index contributed by atoms with van der Waals surface area (Å²) in [6, 6.07) is 6.75. The Morgan fingerprint density at radius 3 is 2.27 bits per heavy atom. The molecule has 1 aromatic carbocycles. The van der Waals surface area contributed by atoms with Gasteiger partial charge in [0.05, 0.1) is 0 Å². The van der Waals surface area contributed by atoms with Crippen molar-refractivity contribution in [1.82, 2.24) is 0 Å². The molecule has 1 unspecified atom stereocenters. The highest BCUT2D eigenvalue weighted by atomic mass is 14.7. The molecule has 1 rings (SSSR count). The van der Waals surface area contributed by atoms with Gasteiger partial charge >= 0.3 is 0 Å². The maximum absolute atomic E-state index is 6.33. The van der Waals surface area contributed by atoms with Crippen molar-refractivity contribution >= 4 is 0 Å². The molecule has 0 amide bonds. The summed E-state index contributed by atoms with van der Waals surface area (Å²) in [4.78, 5) is 0. The second kappa shape index (κ2) is 5.32. The Morgan fingerprint density at radius 1 is 1.13 bits per heavy atom. The summed E-state index contributed by atoms with van der Waals surface area (Å²) in [6.07, 6.45) is 2.32. The first kappa shape index (κ1) is 12.3. The van der Waals surface area contributed by atoms with E-state index in [-0.39, 0.29) is 6.04 Å². The highest BCUT2D eigenvalue weighted by Crippen LogP contribution is 2.27. The summed E-state index contributed by atoms with van der Waals surface area (Å²) >= 11 is 0. The van der Waals surface area contributed by atoms with E-state index < -0.39 is 0 Å². The predicted octanol–water partition coefficient (Wildman–Crippen LogP) is 3.74. The minimum Gasteiger partial charge on any atom is -0.324 e. The van der Waals surface area contributed by atoms with Crippen LogP contribution < -0.4 is 5.73 Å². The van der Waals surface area contributed by atoms with Gasteiger partial charge in [-0.15, -0.1) is 0 Å². The van der Waals surface area contributed by atoms with Gasteiger partial charge in [0.25, 0.3) is 0 Å². The lowest BCUT2D eigenvalue weighted by molar-refractivity contribution is 0.404. The molecule has 0 heterocycles. The zero-order chi connectivity index (χ0) is 11.4. The van der Waals surface area contributed by atoms with Crippen LogP contribution in [0.5, 0.6) is 0 Å². The topological polar surface area (TPSA) is 26.0 Å². The minimum absolute atomic E-state index is 0.194. The maximum Gasteiger partial charge on any atom is 0.0326 e. The first-order valence-electron chi connectivity index (χ1n) is 5.92. The molecule has 0 saturated carbocycles. The highest BCUT2D eigenvalue weighted by molar-refractivity contribution is 5.33. The number of aryl methyl sites for hydroxylation is 2. The van der Waals surface area contributed by atoms with E-state index in [1.165, 1.54) is 16.7 Å². The van der Waals surface area contributed by atoms with Gasteiger partial charge in [-0.1, -0.05) is 50.5 Å². The fourth-order valence-electron chi connectivity index (χ4n) is 2.17. The summed E-state index contributed by atoms with van der Waals surface area (Å²) in [5, 5.41) is 0. The summed E-state index contributed by atoms with van der Waals surface area (Å²) < 4.78 is 0. The van der Waals surface area contributed by atoms with Crippen LogP contribution in [-0.2, 0) is 0 Å². The molecule has 2 N–H and O–H groups in total. The van der Waals surface area contributed by atoms with Gasteiger partial charge in [-0.05, 0) is 30.9 Å². The first-order valence-corrected chi connectivity index (χ1v) is 5.92. The monoisotopic (exact) mass is 205 g/mol. The summed E-state index contributed by atoms with van der Waals surface area (Å²) in [7, 11) is 0. The Morgan fingerprint density at radius 2 is 1.73 bits per heavy atom. The maximum atomic E-state index is 6.33. The van der Waals surface area contributed by atoms with Crippen molar-refractivity contribution < 1.29 is 0 Å². The van der Waals surface area contributed by atoms with E-state index in [0.29, 0.717) is 5.92 Å². The number of benzene rings is 1. The van der Waals surface area contributed by atoms with Crippen LogP contribution >= 0.6 is 0 Å². The van der Waals surface area contributed by atoms with Gasteiger partial charge in [0.1, 0.15) is 0 Å². The van der Waals surface area contributed by atoms with Crippen LogP contribution in [0, 0.1) is 19.8 Å². The van der Waals surface area contributed by atoms with Gasteiger partial charge in [0.2, 0.25) is 0 Å². The van der Waals surface area contributed by atoms with E-state index in [4.69, 9.17) is 5.73 Å². The number of hydrogen-bond acceptors (Lipinski definition) is 1. The van der Waals surface area contributed by atoms with Crippen molar-refractivity contribution in [2.45, 2.75) is 46.6 Å². The quantitative estimate of drug-likeness (QED) is 0.796. The molecular weight excluding hydrogens is 182 g/mol. The third-order valence-corrected chi connectivity index (χ3v) is 3.35. The van der Waals surface area contributed by atoms with E-state index in [9.17, 15) is 0 Å². The summed E-state index contributed by atoms with van der Waals surface area (Å²) in [5.74, 6) is 0.602. The van der Waals surface area contributed by atoms with Crippen molar-refractivity contribution in [3.05, 3.63) is 34.9 Å². The average Bonchev–Trinajstić information content (AvgIpc) is 2.23. The normalized spacial score (nSPS) is 13.2. The van der Waals surface area contributed by atoms with Crippen LogP contribution in [0.15, 0.2) is 18.2 Å². The van der Waals surface area contributed by atoms with E-state index >= 15 is 0 Å². The lowest BCUT2D eigenvalue weighted by Gasteiger charge is -2.23. The number of hydrogen-bond donors (Lipinski definition) is 1. The summed E-state index contributed by atoms with van der Waals surface area (Å²) in [5.41, 5.74) is 10.3. The van der Waals surface area contributed by atoms with Gasteiger partial charge in [0.15, 0.2) is 0 Å². The molecule has 0 radical (unpaired) electrons. The Hall–Kier alpha value is -0.820. The zero-order valence-electron chi connectivity index (χ0n) is 10.4. The molecule has 0 aliphatic carbocycles. The summed E-state index contributed by atoms with van der Waals surface area (Å²) in [6.45, 7) is 8.72. The average molecular weight is 205 g/mol. The van der Waals surface area contributed by atoms with Crippen molar-refractivity contribution in [3.63, 3.8) is 0 Å². The van der Waals surface area contributed by atoms with Gasteiger partial charge < -0.3 is 5.73 Å². The van der Waals surface area contributed by atoms with E-state index in [1.54, 1.807) is 0 Å². The molecule has 0 aliphatic rings. The lowest BCUT2D eigenvalue weighted by Crippen LogP contribution is -2.21. The van der Waals surface area contributed by atoms with Crippen LogP contribution in [0.2, 0.25) is 0 Å². The largest absolute Gasteiger partial charge is 0.324 e. The SMILES string of the molecule is CCC(CC)C(N)c1cc(C)ccc1C. The van der Waals surface area contributed by atoms with Gasteiger partial charge in [-0.25, -0.2) is 0 Å². The third-order valence-electron chi connectivity index (χ3n) is 3.35. The van der Waals surface area contributed by atoms with Crippen molar-refractivity contribution in [3.8, 4) is 0 Å². The van der Waals surface area contributed by atoms with Crippen LogP contribution in [0.3, 0.4) is 0 Å². The molecule has 1 heteroatoms. The van der Waals surface area contributed by atoms with Gasteiger partial charge in [-0.3, -0.25) is 0 Å². The molecule has 1 nitrogen and oxygen atoms in total. The van der Waals surface area contributed by atoms with Crippen molar-refractivity contribution in [2.75, 3.05) is 0 Å². The molecule has 0 bridgehead atoms. The number of nitrogens with two attached hydrogens (primary N) is 1. The molecule has 15 heavy (non-hydrogen) atoms. The molecular formula is C14H23N. The standard InChI is InChI=1S/C14H23N/c1-5-12(6-2)14(15)13-9-10(3)7-8-11(13)4/h7-9,12,14H,5-6,15H2,1-4H3. The zero-order valence-corrected chi connectivity index (χ0v) is 10.4. The Bertz CT molecular complexity index is 313.